The predicted molar refractivity (Wildman–Crippen MR) is 133 cm³/mol. The number of benzene rings is 1. The molecule has 1 aromatic heterocycles. The van der Waals surface area contributed by atoms with E-state index in [0.29, 0.717) is 31.1 Å². The second-order valence-electron chi connectivity index (χ2n) is 9.87. The molecule has 0 saturated carbocycles. The summed E-state index contributed by atoms with van der Waals surface area (Å²) in [5.41, 5.74) is 4.69. The smallest absolute Gasteiger partial charge is 0.233 e. The predicted octanol–water partition coefficient (Wildman–Crippen LogP) is 4.84. The molecule has 0 bridgehead atoms. The quantitative estimate of drug-likeness (QED) is 0.437. The zero-order chi connectivity index (χ0) is 24.5. The SMILES string of the molecule is CCCN1C(=O)[C@@H]2[C@@H](CC(C)=C3[C@@H](CC/C(=C/c4ccc(CO)o4)c4ccccc4)OC[C@@H]32)C1=O. The molecule has 3 aliphatic rings. The van der Waals surface area contributed by atoms with Crippen LogP contribution in [0.5, 0.6) is 0 Å². The van der Waals surface area contributed by atoms with E-state index < -0.39 is 0 Å². The van der Waals surface area contributed by atoms with Crippen LogP contribution >= 0.6 is 0 Å². The van der Waals surface area contributed by atoms with Crippen LogP contribution in [0.15, 0.2) is 58.0 Å². The summed E-state index contributed by atoms with van der Waals surface area (Å²) in [6.45, 7) is 4.98. The molecular weight excluding hydrogens is 442 g/mol. The Hall–Kier alpha value is -2.96. The number of carbonyl (C=O) groups excluding carboxylic acids is 2. The van der Waals surface area contributed by atoms with E-state index >= 15 is 0 Å². The van der Waals surface area contributed by atoms with Gasteiger partial charge in [-0.1, -0.05) is 42.8 Å². The lowest BCUT2D eigenvalue weighted by molar-refractivity contribution is -0.140. The molecule has 2 fully saturated rings. The number of amides is 2. The molecule has 0 unspecified atom stereocenters. The van der Waals surface area contributed by atoms with Crippen molar-refractivity contribution in [3.05, 3.63) is 70.7 Å². The fourth-order valence-corrected chi connectivity index (χ4v) is 6.11. The lowest BCUT2D eigenvalue weighted by Gasteiger charge is -2.30. The molecule has 2 amide bonds. The van der Waals surface area contributed by atoms with Crippen molar-refractivity contribution in [2.45, 2.75) is 52.2 Å². The number of ether oxygens (including phenoxy) is 1. The Labute approximate surface area is 206 Å². The summed E-state index contributed by atoms with van der Waals surface area (Å²) in [4.78, 5) is 27.6. The minimum atomic E-state index is -0.276. The van der Waals surface area contributed by atoms with Gasteiger partial charge in [0.25, 0.3) is 0 Å². The Bertz CT molecular complexity index is 1160. The molecule has 35 heavy (non-hydrogen) atoms. The second kappa shape index (κ2) is 9.96. The molecule has 5 rings (SSSR count). The number of hydrogen-bond acceptors (Lipinski definition) is 5. The molecule has 0 spiro atoms. The Morgan fingerprint density at radius 3 is 2.63 bits per heavy atom. The molecule has 3 heterocycles. The van der Waals surface area contributed by atoms with Gasteiger partial charge in [0.1, 0.15) is 18.1 Å². The second-order valence-corrected chi connectivity index (χ2v) is 9.87. The fourth-order valence-electron chi connectivity index (χ4n) is 6.11. The number of likely N-dealkylation sites (tertiary alicyclic amines) is 1. The largest absolute Gasteiger partial charge is 0.459 e. The van der Waals surface area contributed by atoms with Gasteiger partial charge in [-0.3, -0.25) is 14.5 Å². The van der Waals surface area contributed by atoms with E-state index in [1.807, 2.05) is 37.3 Å². The number of allylic oxidation sites excluding steroid dienone is 2. The highest BCUT2D eigenvalue weighted by molar-refractivity contribution is 6.05. The molecule has 1 N–H and O–H groups in total. The molecule has 2 aliphatic heterocycles. The summed E-state index contributed by atoms with van der Waals surface area (Å²) in [6, 6.07) is 13.9. The van der Waals surface area contributed by atoms with E-state index in [1.165, 1.54) is 16.0 Å². The van der Waals surface area contributed by atoms with Crippen LogP contribution in [0.3, 0.4) is 0 Å². The van der Waals surface area contributed by atoms with Gasteiger partial charge in [0.05, 0.1) is 24.5 Å². The third kappa shape index (κ3) is 4.41. The number of nitrogens with zero attached hydrogens (tertiary/aromatic N) is 1. The Morgan fingerprint density at radius 1 is 1.11 bits per heavy atom. The molecule has 4 atom stereocenters. The summed E-state index contributed by atoms with van der Waals surface area (Å²) in [5, 5.41) is 9.35. The van der Waals surface area contributed by atoms with Crippen LogP contribution < -0.4 is 0 Å². The number of carbonyl (C=O) groups is 2. The summed E-state index contributed by atoms with van der Waals surface area (Å²) in [5.74, 6) is 0.725. The average Bonchev–Trinajstić information content (AvgIpc) is 3.56. The van der Waals surface area contributed by atoms with Gasteiger partial charge in [-0.25, -0.2) is 0 Å². The summed E-state index contributed by atoms with van der Waals surface area (Å²) in [6.07, 6.45) is 4.97. The molecular formula is C29H33NO5. The molecule has 6 heteroatoms. The molecule has 1 aliphatic carbocycles. The summed E-state index contributed by atoms with van der Waals surface area (Å²) in [7, 11) is 0. The maximum absolute atomic E-state index is 13.2. The van der Waals surface area contributed by atoms with Crippen LogP contribution in [0, 0.1) is 17.8 Å². The van der Waals surface area contributed by atoms with E-state index in [0.717, 1.165) is 30.4 Å². The minimum Gasteiger partial charge on any atom is -0.459 e. The maximum atomic E-state index is 13.2. The maximum Gasteiger partial charge on any atom is 0.233 e. The summed E-state index contributed by atoms with van der Waals surface area (Å²) >= 11 is 0. The zero-order valence-corrected chi connectivity index (χ0v) is 20.4. The van der Waals surface area contributed by atoms with Crippen molar-refractivity contribution in [2.75, 3.05) is 13.2 Å². The number of hydrogen-bond donors (Lipinski definition) is 1. The monoisotopic (exact) mass is 475 g/mol. The number of fused-ring (bicyclic) bond motifs is 3. The van der Waals surface area contributed by atoms with Crippen molar-refractivity contribution in [2.24, 2.45) is 17.8 Å². The Morgan fingerprint density at radius 2 is 1.91 bits per heavy atom. The van der Waals surface area contributed by atoms with Crippen molar-refractivity contribution in [3.63, 3.8) is 0 Å². The highest BCUT2D eigenvalue weighted by Crippen LogP contribution is 2.49. The minimum absolute atomic E-state index is 0.00121. The molecule has 6 nitrogen and oxygen atoms in total. The summed E-state index contributed by atoms with van der Waals surface area (Å²) < 4.78 is 12.0. The van der Waals surface area contributed by atoms with E-state index in [1.54, 1.807) is 6.07 Å². The van der Waals surface area contributed by atoms with Crippen molar-refractivity contribution in [3.8, 4) is 0 Å². The highest BCUT2D eigenvalue weighted by Gasteiger charge is 2.56. The van der Waals surface area contributed by atoms with Crippen LogP contribution in [0.2, 0.25) is 0 Å². The van der Waals surface area contributed by atoms with E-state index in [-0.39, 0.29) is 42.3 Å². The van der Waals surface area contributed by atoms with Gasteiger partial charge < -0.3 is 14.3 Å². The number of aliphatic hydroxyl groups excluding tert-OH is 1. The Kier molecular flexibility index (Phi) is 6.76. The fraction of sp³-hybridized carbons (Fsp3) is 0.448. The number of imide groups is 1. The van der Waals surface area contributed by atoms with Gasteiger partial charge >= 0.3 is 0 Å². The van der Waals surface area contributed by atoms with Crippen molar-refractivity contribution in [1.29, 1.82) is 0 Å². The van der Waals surface area contributed by atoms with E-state index in [4.69, 9.17) is 9.15 Å². The van der Waals surface area contributed by atoms with Crippen molar-refractivity contribution in [1.82, 2.24) is 4.90 Å². The first-order chi connectivity index (χ1) is 17.0. The number of furan rings is 1. The highest BCUT2D eigenvalue weighted by atomic mass is 16.5. The van der Waals surface area contributed by atoms with Gasteiger partial charge in [0.15, 0.2) is 0 Å². The number of aliphatic hydroxyl groups is 1. The lowest BCUT2D eigenvalue weighted by Crippen LogP contribution is -2.34. The van der Waals surface area contributed by atoms with Crippen LogP contribution in [0.1, 0.15) is 56.6 Å². The van der Waals surface area contributed by atoms with Gasteiger partial charge in [0.2, 0.25) is 11.8 Å². The Balaban J connectivity index is 1.37. The normalized spacial score (nSPS) is 26.5. The topological polar surface area (TPSA) is 80.0 Å². The zero-order valence-electron chi connectivity index (χ0n) is 20.4. The van der Waals surface area contributed by atoms with Crippen LogP contribution in [-0.4, -0.2) is 41.1 Å². The first-order valence-electron chi connectivity index (χ1n) is 12.6. The molecule has 1 aromatic carbocycles. The van der Waals surface area contributed by atoms with Crippen LogP contribution in [-0.2, 0) is 20.9 Å². The number of rotatable bonds is 8. The lowest BCUT2D eigenvalue weighted by atomic mass is 9.70. The molecule has 0 radical (unpaired) electrons. The first-order valence-corrected chi connectivity index (χ1v) is 12.6. The first kappa shape index (κ1) is 23.8. The van der Waals surface area contributed by atoms with Gasteiger partial charge in [-0.15, -0.1) is 0 Å². The van der Waals surface area contributed by atoms with Gasteiger partial charge in [0, 0.05) is 12.5 Å². The van der Waals surface area contributed by atoms with Crippen LogP contribution in [0.25, 0.3) is 11.6 Å². The average molecular weight is 476 g/mol. The molecule has 184 valence electrons. The van der Waals surface area contributed by atoms with E-state index in [9.17, 15) is 14.7 Å². The third-order valence-corrected chi connectivity index (χ3v) is 7.67. The molecule has 2 aromatic rings. The van der Waals surface area contributed by atoms with Gasteiger partial charge in [-0.05, 0) is 67.5 Å². The van der Waals surface area contributed by atoms with Crippen LogP contribution in [0.4, 0.5) is 0 Å². The molecule has 2 saturated heterocycles. The van der Waals surface area contributed by atoms with Gasteiger partial charge in [-0.2, -0.15) is 0 Å². The third-order valence-electron chi connectivity index (χ3n) is 7.67. The van der Waals surface area contributed by atoms with Crippen molar-refractivity contribution >= 4 is 23.5 Å². The standard InChI is InChI=1S/C29H33NO5/c1-3-13-30-28(32)23-14-18(2)26-24(27(23)29(30)33)17-34-25(26)12-9-20(19-7-5-4-6-8-19)15-21-10-11-22(16-31)35-21/h4-8,10-11,15,23-25,27,31H,3,9,12-14,16-17H2,1-2H3/b20-15-/t23-,24+,25-,27-/m1/s1. The van der Waals surface area contributed by atoms with E-state index in [2.05, 4.69) is 19.1 Å². The van der Waals surface area contributed by atoms with Crippen molar-refractivity contribution < 1.29 is 23.8 Å².